The molecule has 1 aliphatic heterocycles. The number of halogens is 3. The van der Waals surface area contributed by atoms with Crippen LogP contribution in [0.2, 0.25) is 0 Å². The molecule has 0 amide bonds. The molecule has 8 heteroatoms. The number of ether oxygens (including phenoxy) is 1. The molecule has 168 valence electrons. The molecule has 4 atom stereocenters. The van der Waals surface area contributed by atoms with E-state index in [-0.39, 0.29) is 11.7 Å². The van der Waals surface area contributed by atoms with Gasteiger partial charge in [0.25, 0.3) is 5.56 Å². The average Bonchev–Trinajstić information content (AvgIpc) is 2.72. The minimum atomic E-state index is -4.85. The van der Waals surface area contributed by atoms with Gasteiger partial charge in [-0.25, -0.2) is 0 Å². The Kier molecular flexibility index (Phi) is 4.57. The van der Waals surface area contributed by atoms with E-state index in [0.29, 0.717) is 34.3 Å². The summed E-state index contributed by atoms with van der Waals surface area (Å²) in [6.07, 6.45) is -5.12. The van der Waals surface area contributed by atoms with Gasteiger partial charge >= 0.3 is 6.18 Å². The fraction of sp³-hybridized carbons (Fsp3) is 0.375. The van der Waals surface area contributed by atoms with E-state index < -0.39 is 30.2 Å². The summed E-state index contributed by atoms with van der Waals surface area (Å²) in [5, 5.41) is 14.7. The Morgan fingerprint density at radius 3 is 2.66 bits per heavy atom. The summed E-state index contributed by atoms with van der Waals surface area (Å²) < 4.78 is 50.4. The van der Waals surface area contributed by atoms with Crippen molar-refractivity contribution in [1.29, 1.82) is 0 Å². The second-order valence-electron chi connectivity index (χ2n) is 8.79. The van der Waals surface area contributed by atoms with Gasteiger partial charge in [-0.2, -0.15) is 13.2 Å². The van der Waals surface area contributed by atoms with E-state index >= 15 is 0 Å². The first-order chi connectivity index (χ1) is 15.1. The quantitative estimate of drug-likeness (QED) is 0.604. The number of benzene rings is 2. The maximum atomic E-state index is 14.4. The van der Waals surface area contributed by atoms with Crippen molar-refractivity contribution in [1.82, 2.24) is 4.57 Å². The van der Waals surface area contributed by atoms with Crippen LogP contribution in [0.25, 0.3) is 10.9 Å². The minimum absolute atomic E-state index is 0.217. The van der Waals surface area contributed by atoms with Crippen LogP contribution >= 0.6 is 0 Å². The Labute approximate surface area is 182 Å². The summed E-state index contributed by atoms with van der Waals surface area (Å²) in [4.78, 5) is 12.0. The molecule has 5 rings (SSSR count). The molecular weight excluding hydrogens is 421 g/mol. The van der Waals surface area contributed by atoms with Crippen molar-refractivity contribution in [2.45, 2.75) is 49.6 Å². The van der Waals surface area contributed by atoms with Crippen LogP contribution in [-0.2, 0) is 7.05 Å². The number of hydrogen-bond donors (Lipinski definition) is 2. The van der Waals surface area contributed by atoms with Gasteiger partial charge in [0.15, 0.2) is 5.60 Å². The monoisotopic (exact) mass is 444 g/mol. The zero-order valence-electron chi connectivity index (χ0n) is 17.6. The number of aliphatic hydroxyl groups is 1. The summed E-state index contributed by atoms with van der Waals surface area (Å²) >= 11 is 0. The van der Waals surface area contributed by atoms with Gasteiger partial charge in [-0.3, -0.25) is 4.79 Å². The fourth-order valence-electron chi connectivity index (χ4n) is 5.24. The molecule has 2 heterocycles. The number of hydrogen-bond acceptors (Lipinski definition) is 4. The van der Waals surface area contributed by atoms with Crippen LogP contribution in [-0.4, -0.2) is 27.6 Å². The first-order valence-corrected chi connectivity index (χ1v) is 10.5. The summed E-state index contributed by atoms with van der Waals surface area (Å²) in [7, 11) is 1.61. The zero-order chi connectivity index (χ0) is 22.8. The number of anilines is 1. The number of aryl methyl sites for hydroxylation is 1. The highest BCUT2D eigenvalue weighted by atomic mass is 19.4. The summed E-state index contributed by atoms with van der Waals surface area (Å²) in [6, 6.07) is 11.6. The SMILES string of the molecule is CC1CC2CC(O)(C(F)(F)F)C(Nc3cccc4c3ccc(=O)n4C)c3cccc(c32)O1. The van der Waals surface area contributed by atoms with Gasteiger partial charge < -0.3 is 19.7 Å². The fourth-order valence-corrected chi connectivity index (χ4v) is 5.24. The number of aromatic nitrogens is 1. The van der Waals surface area contributed by atoms with Crippen molar-refractivity contribution < 1.29 is 23.0 Å². The molecule has 0 radical (unpaired) electrons. The van der Waals surface area contributed by atoms with Crippen LogP contribution in [0.5, 0.6) is 5.75 Å². The third kappa shape index (κ3) is 3.00. The van der Waals surface area contributed by atoms with Gasteiger partial charge in [0.2, 0.25) is 0 Å². The Bertz CT molecular complexity index is 1270. The number of nitrogens with zero attached hydrogens (tertiary/aromatic N) is 1. The van der Waals surface area contributed by atoms with Crippen LogP contribution in [0.3, 0.4) is 0 Å². The third-order valence-corrected chi connectivity index (χ3v) is 6.76. The van der Waals surface area contributed by atoms with Crippen molar-refractivity contribution in [3.8, 4) is 5.75 Å². The number of rotatable bonds is 2. The first kappa shape index (κ1) is 20.9. The maximum Gasteiger partial charge on any atom is 0.419 e. The van der Waals surface area contributed by atoms with Crippen LogP contribution in [0, 0.1) is 0 Å². The molecule has 0 spiro atoms. The molecule has 4 unspecified atom stereocenters. The lowest BCUT2D eigenvalue weighted by atomic mass is 9.68. The number of alkyl halides is 3. The molecule has 5 nitrogen and oxygen atoms in total. The Morgan fingerprint density at radius 2 is 1.91 bits per heavy atom. The second-order valence-corrected chi connectivity index (χ2v) is 8.79. The summed E-state index contributed by atoms with van der Waals surface area (Å²) in [5.41, 5.74) is -1.09. The lowest BCUT2D eigenvalue weighted by molar-refractivity contribution is -0.273. The van der Waals surface area contributed by atoms with E-state index in [4.69, 9.17) is 4.74 Å². The van der Waals surface area contributed by atoms with Gasteiger partial charge in [-0.15, -0.1) is 0 Å². The number of nitrogens with one attached hydrogen (secondary N) is 1. The van der Waals surface area contributed by atoms with E-state index in [1.807, 2.05) is 6.92 Å². The van der Waals surface area contributed by atoms with E-state index in [1.165, 1.54) is 10.6 Å². The van der Waals surface area contributed by atoms with E-state index in [1.54, 1.807) is 49.5 Å². The van der Waals surface area contributed by atoms with Crippen LogP contribution in [0.4, 0.5) is 18.9 Å². The average molecular weight is 444 g/mol. The first-order valence-electron chi connectivity index (χ1n) is 10.5. The molecule has 0 fully saturated rings. The second kappa shape index (κ2) is 7.00. The van der Waals surface area contributed by atoms with Crippen LogP contribution < -0.4 is 15.6 Å². The molecule has 2 N–H and O–H groups in total. The predicted molar refractivity (Wildman–Crippen MR) is 115 cm³/mol. The Morgan fingerprint density at radius 1 is 1.16 bits per heavy atom. The Balaban J connectivity index is 1.70. The van der Waals surface area contributed by atoms with Crippen molar-refractivity contribution >= 4 is 16.6 Å². The largest absolute Gasteiger partial charge is 0.490 e. The number of fused-ring (bicyclic) bond motifs is 1. The molecule has 0 saturated heterocycles. The van der Waals surface area contributed by atoms with Gasteiger partial charge in [-0.05, 0) is 55.5 Å². The molecule has 32 heavy (non-hydrogen) atoms. The summed E-state index contributed by atoms with van der Waals surface area (Å²) in [5.74, 6) is 0.116. The lowest BCUT2D eigenvalue weighted by Crippen LogP contribution is -2.56. The van der Waals surface area contributed by atoms with Crippen molar-refractivity contribution in [3.05, 3.63) is 70.0 Å². The smallest absolute Gasteiger partial charge is 0.419 e. The molecule has 1 aromatic heterocycles. The van der Waals surface area contributed by atoms with E-state index in [9.17, 15) is 23.1 Å². The van der Waals surface area contributed by atoms with Gasteiger partial charge in [0.1, 0.15) is 5.75 Å². The molecule has 0 bridgehead atoms. The minimum Gasteiger partial charge on any atom is -0.490 e. The van der Waals surface area contributed by atoms with Gasteiger partial charge in [-0.1, -0.05) is 18.2 Å². The molecule has 3 aromatic rings. The van der Waals surface area contributed by atoms with Crippen LogP contribution in [0.1, 0.15) is 42.9 Å². The topological polar surface area (TPSA) is 63.5 Å². The predicted octanol–water partition coefficient (Wildman–Crippen LogP) is 4.64. The normalized spacial score (nSPS) is 27.0. The van der Waals surface area contributed by atoms with Crippen molar-refractivity contribution in [3.63, 3.8) is 0 Å². The molecule has 2 aliphatic rings. The van der Waals surface area contributed by atoms with E-state index in [2.05, 4.69) is 5.32 Å². The third-order valence-electron chi connectivity index (χ3n) is 6.76. The number of pyridine rings is 1. The molecule has 2 aromatic carbocycles. The van der Waals surface area contributed by atoms with Gasteiger partial charge in [0, 0.05) is 29.8 Å². The highest BCUT2D eigenvalue weighted by molar-refractivity contribution is 5.91. The zero-order valence-corrected chi connectivity index (χ0v) is 17.6. The standard InChI is InChI=1S/C24H23F3N2O3/c1-13-11-14-12-23(31,24(25,26)27)22(16-5-3-8-19(32-13)21(14)16)28-17-6-4-7-18-15(17)9-10-20(30)29(18)2/h3-10,13-14,22,28,31H,11-12H2,1-2H3. The highest BCUT2D eigenvalue weighted by Gasteiger charge is 2.63. The highest BCUT2D eigenvalue weighted by Crippen LogP contribution is 2.56. The van der Waals surface area contributed by atoms with Crippen LogP contribution in [0.15, 0.2) is 53.3 Å². The molecule has 1 aliphatic carbocycles. The van der Waals surface area contributed by atoms with Gasteiger partial charge in [0.05, 0.1) is 17.7 Å². The molecule has 0 saturated carbocycles. The summed E-state index contributed by atoms with van der Waals surface area (Å²) in [6.45, 7) is 1.83. The Hall–Kier alpha value is -3.00. The maximum absolute atomic E-state index is 14.4. The van der Waals surface area contributed by atoms with Crippen molar-refractivity contribution in [2.75, 3.05) is 5.32 Å². The van der Waals surface area contributed by atoms with E-state index in [0.717, 1.165) is 5.56 Å². The van der Waals surface area contributed by atoms with Crippen molar-refractivity contribution in [2.24, 2.45) is 7.05 Å². The molecular formula is C24H23F3N2O3. The lowest BCUT2D eigenvalue weighted by Gasteiger charge is -2.48.